The van der Waals surface area contributed by atoms with Crippen molar-refractivity contribution in [3.63, 3.8) is 0 Å². The number of esters is 1. The zero-order valence-corrected chi connectivity index (χ0v) is 10.5. The summed E-state index contributed by atoms with van der Waals surface area (Å²) < 4.78 is 5.31. The molecule has 1 N–H and O–H groups in total. The van der Waals surface area contributed by atoms with Crippen molar-refractivity contribution in [2.45, 2.75) is 12.5 Å². The van der Waals surface area contributed by atoms with Crippen molar-refractivity contribution in [2.75, 3.05) is 7.11 Å². The van der Waals surface area contributed by atoms with E-state index >= 15 is 0 Å². The summed E-state index contributed by atoms with van der Waals surface area (Å²) in [5.74, 6) is -0.383. The number of methoxy groups -OCH3 is 1. The van der Waals surface area contributed by atoms with E-state index in [2.05, 4.69) is 27.2 Å². The van der Waals surface area contributed by atoms with Crippen LogP contribution in [0.5, 0.6) is 0 Å². The first kappa shape index (κ1) is 12.9. The minimum atomic E-state index is -0.612. The highest BCUT2D eigenvalue weighted by molar-refractivity contribution is 9.11. The maximum atomic E-state index is 11.2. The molecule has 0 bridgehead atoms. The predicted molar refractivity (Wildman–Crippen MR) is 65.4 cm³/mol. The molecule has 1 rings (SSSR count). The fourth-order valence-electron chi connectivity index (χ4n) is 1.29. The van der Waals surface area contributed by atoms with Gasteiger partial charge < -0.3 is 9.84 Å². The normalized spacial score (nSPS) is 11.9. The highest BCUT2D eigenvalue weighted by Crippen LogP contribution is 2.23. The number of benzene rings is 1. The van der Waals surface area contributed by atoms with Crippen molar-refractivity contribution in [2.24, 2.45) is 0 Å². The molecule has 16 heavy (non-hydrogen) atoms. The molecular weight excluding hydrogens is 272 g/mol. The fourth-order valence-corrected chi connectivity index (χ4v) is 1.59. The number of carbonyl (C=O) groups is 1. The number of ether oxygens (including phenoxy) is 1. The minimum absolute atomic E-state index is 0.383. The average Bonchev–Trinajstić information content (AvgIpc) is 2.27. The van der Waals surface area contributed by atoms with Gasteiger partial charge in [-0.2, -0.15) is 0 Å². The number of halogens is 1. The van der Waals surface area contributed by atoms with Crippen LogP contribution in [0.3, 0.4) is 0 Å². The lowest BCUT2D eigenvalue weighted by atomic mass is 10.0. The standard InChI is InChI=1S/C12H13BrO3/c1-8(13)7-11(14)9-3-5-10(6-4-9)12(15)16-2/h3-6,11,14H,1,7H2,2H3/t11-/m0/s1. The topological polar surface area (TPSA) is 46.5 Å². The SMILES string of the molecule is C=C(Br)C[C@H](O)c1ccc(C(=O)OC)cc1. The number of rotatable bonds is 4. The smallest absolute Gasteiger partial charge is 0.337 e. The lowest BCUT2D eigenvalue weighted by Crippen LogP contribution is -2.02. The monoisotopic (exact) mass is 284 g/mol. The molecule has 3 nitrogen and oxygen atoms in total. The highest BCUT2D eigenvalue weighted by atomic mass is 79.9. The zero-order chi connectivity index (χ0) is 12.1. The largest absolute Gasteiger partial charge is 0.465 e. The summed E-state index contributed by atoms with van der Waals surface area (Å²) >= 11 is 3.19. The molecule has 0 aliphatic rings. The Labute approximate surface area is 103 Å². The van der Waals surface area contributed by atoms with Gasteiger partial charge in [-0.25, -0.2) is 4.79 Å². The van der Waals surface area contributed by atoms with E-state index in [0.717, 1.165) is 10.0 Å². The zero-order valence-electron chi connectivity index (χ0n) is 8.94. The van der Waals surface area contributed by atoms with Gasteiger partial charge in [-0.05, 0) is 22.2 Å². The Kier molecular flexibility index (Phi) is 4.71. The van der Waals surface area contributed by atoms with Crippen LogP contribution in [0.15, 0.2) is 35.3 Å². The minimum Gasteiger partial charge on any atom is -0.465 e. The Hall–Kier alpha value is -1.13. The molecule has 0 fully saturated rings. The Balaban J connectivity index is 2.78. The maximum absolute atomic E-state index is 11.2. The molecule has 0 heterocycles. The van der Waals surface area contributed by atoms with Crippen LogP contribution in [-0.4, -0.2) is 18.2 Å². The molecule has 1 atom stereocenters. The van der Waals surface area contributed by atoms with Crippen molar-refractivity contribution >= 4 is 21.9 Å². The van der Waals surface area contributed by atoms with Crippen LogP contribution >= 0.6 is 15.9 Å². The van der Waals surface area contributed by atoms with E-state index in [0.29, 0.717) is 12.0 Å². The molecule has 0 aliphatic carbocycles. The Morgan fingerprint density at radius 3 is 2.50 bits per heavy atom. The highest BCUT2D eigenvalue weighted by Gasteiger charge is 2.10. The average molecular weight is 285 g/mol. The fraction of sp³-hybridized carbons (Fsp3) is 0.250. The lowest BCUT2D eigenvalue weighted by Gasteiger charge is -2.10. The molecule has 0 spiro atoms. The van der Waals surface area contributed by atoms with Crippen molar-refractivity contribution in [1.29, 1.82) is 0 Å². The number of aliphatic hydroxyl groups excluding tert-OH is 1. The molecular formula is C12H13BrO3. The van der Waals surface area contributed by atoms with Crippen LogP contribution in [0.4, 0.5) is 0 Å². The molecule has 1 aromatic carbocycles. The van der Waals surface area contributed by atoms with E-state index < -0.39 is 6.10 Å². The van der Waals surface area contributed by atoms with E-state index in [1.807, 2.05) is 0 Å². The molecule has 0 aromatic heterocycles. The Morgan fingerprint density at radius 1 is 1.50 bits per heavy atom. The lowest BCUT2D eigenvalue weighted by molar-refractivity contribution is 0.0600. The Morgan fingerprint density at radius 2 is 2.06 bits per heavy atom. The van der Waals surface area contributed by atoms with Crippen LogP contribution in [-0.2, 0) is 4.74 Å². The van der Waals surface area contributed by atoms with Gasteiger partial charge in [0.1, 0.15) is 0 Å². The molecule has 0 unspecified atom stereocenters. The second kappa shape index (κ2) is 5.82. The molecule has 4 heteroatoms. The van der Waals surface area contributed by atoms with Crippen molar-refractivity contribution < 1.29 is 14.6 Å². The van der Waals surface area contributed by atoms with Gasteiger partial charge in [0.25, 0.3) is 0 Å². The van der Waals surface area contributed by atoms with Gasteiger partial charge in [-0.15, -0.1) is 0 Å². The second-order valence-corrected chi connectivity index (χ2v) is 4.47. The van der Waals surface area contributed by atoms with E-state index in [1.165, 1.54) is 7.11 Å². The van der Waals surface area contributed by atoms with Crippen LogP contribution in [0, 0.1) is 0 Å². The van der Waals surface area contributed by atoms with Crippen LogP contribution in [0.1, 0.15) is 28.4 Å². The van der Waals surface area contributed by atoms with Gasteiger partial charge in [0.05, 0.1) is 18.8 Å². The quantitative estimate of drug-likeness (QED) is 0.865. The molecule has 0 saturated carbocycles. The number of hydrogen-bond acceptors (Lipinski definition) is 3. The molecule has 86 valence electrons. The number of aliphatic hydroxyl groups is 1. The van der Waals surface area contributed by atoms with Crippen molar-refractivity contribution in [3.05, 3.63) is 46.5 Å². The number of carbonyl (C=O) groups excluding carboxylic acids is 1. The third-order valence-corrected chi connectivity index (χ3v) is 2.46. The molecule has 0 amide bonds. The second-order valence-electron chi connectivity index (χ2n) is 3.35. The van der Waals surface area contributed by atoms with E-state index in [1.54, 1.807) is 24.3 Å². The third kappa shape index (κ3) is 3.47. The summed E-state index contributed by atoms with van der Waals surface area (Å²) in [6.07, 6.45) is -0.170. The summed E-state index contributed by atoms with van der Waals surface area (Å²) in [5, 5.41) is 9.77. The van der Waals surface area contributed by atoms with Crippen LogP contribution in [0.2, 0.25) is 0 Å². The van der Waals surface area contributed by atoms with Gasteiger partial charge in [0, 0.05) is 6.42 Å². The van der Waals surface area contributed by atoms with Crippen molar-refractivity contribution in [3.8, 4) is 0 Å². The van der Waals surface area contributed by atoms with E-state index in [-0.39, 0.29) is 5.97 Å². The van der Waals surface area contributed by atoms with Crippen LogP contribution in [0.25, 0.3) is 0 Å². The van der Waals surface area contributed by atoms with E-state index in [4.69, 9.17) is 0 Å². The number of hydrogen-bond donors (Lipinski definition) is 1. The Bertz CT molecular complexity index is 384. The molecule has 1 aromatic rings. The van der Waals surface area contributed by atoms with Gasteiger partial charge in [0.15, 0.2) is 0 Å². The van der Waals surface area contributed by atoms with Gasteiger partial charge in [0.2, 0.25) is 0 Å². The predicted octanol–water partition coefficient (Wildman–Crippen LogP) is 2.81. The summed E-state index contributed by atoms with van der Waals surface area (Å²) in [5.41, 5.74) is 1.21. The van der Waals surface area contributed by atoms with Gasteiger partial charge in [-0.1, -0.05) is 34.6 Å². The van der Waals surface area contributed by atoms with E-state index in [9.17, 15) is 9.90 Å². The summed E-state index contributed by atoms with van der Waals surface area (Å²) in [4.78, 5) is 11.2. The molecule has 0 radical (unpaired) electrons. The van der Waals surface area contributed by atoms with Gasteiger partial charge >= 0.3 is 5.97 Å². The first-order valence-corrected chi connectivity index (χ1v) is 5.53. The molecule has 0 saturated heterocycles. The van der Waals surface area contributed by atoms with Gasteiger partial charge in [-0.3, -0.25) is 0 Å². The van der Waals surface area contributed by atoms with Crippen molar-refractivity contribution in [1.82, 2.24) is 0 Å². The first-order chi connectivity index (χ1) is 7.54. The first-order valence-electron chi connectivity index (χ1n) is 4.74. The summed E-state index contributed by atoms with van der Waals surface area (Å²) in [7, 11) is 1.33. The van der Waals surface area contributed by atoms with Crippen LogP contribution < -0.4 is 0 Å². The third-order valence-electron chi connectivity index (χ3n) is 2.13. The summed E-state index contributed by atoms with van der Waals surface area (Å²) in [6, 6.07) is 6.66. The maximum Gasteiger partial charge on any atom is 0.337 e. The molecule has 0 aliphatic heterocycles. The summed E-state index contributed by atoms with van der Waals surface area (Å²) in [6.45, 7) is 3.66.